The molecule has 0 fully saturated rings. The van der Waals surface area contributed by atoms with E-state index in [1.807, 2.05) is 67.5 Å². The molecule has 26 heavy (non-hydrogen) atoms. The molecule has 1 atom stereocenters. The molecular formula is C19H28IN5O. The van der Waals surface area contributed by atoms with Gasteiger partial charge in [0.05, 0.1) is 18.8 Å². The monoisotopic (exact) mass is 469 g/mol. The summed E-state index contributed by atoms with van der Waals surface area (Å²) >= 11 is 0. The van der Waals surface area contributed by atoms with Crippen LogP contribution in [0.4, 0.5) is 5.82 Å². The van der Waals surface area contributed by atoms with Crippen LogP contribution in [-0.2, 0) is 6.54 Å². The molecule has 0 aliphatic carbocycles. The lowest BCUT2D eigenvalue weighted by atomic mass is 10.0. The topological polar surface area (TPSA) is 72.8 Å². The number of halogens is 1. The zero-order valence-electron chi connectivity index (χ0n) is 15.5. The van der Waals surface area contributed by atoms with Crippen molar-refractivity contribution in [1.82, 2.24) is 15.6 Å². The number of aliphatic hydroxyl groups is 1. The van der Waals surface area contributed by atoms with Gasteiger partial charge in [0.1, 0.15) is 5.82 Å². The van der Waals surface area contributed by atoms with Crippen molar-refractivity contribution in [1.29, 1.82) is 0 Å². The summed E-state index contributed by atoms with van der Waals surface area (Å²) in [6.07, 6.45) is 0. The molecule has 1 aromatic heterocycles. The smallest absolute Gasteiger partial charge is 0.191 e. The summed E-state index contributed by atoms with van der Waals surface area (Å²) in [4.78, 5) is 10.8. The molecule has 0 aliphatic heterocycles. The molecule has 2 rings (SSSR count). The van der Waals surface area contributed by atoms with Crippen LogP contribution < -0.4 is 15.5 Å². The highest BCUT2D eigenvalue weighted by atomic mass is 127. The Bertz CT molecular complexity index is 679. The zero-order valence-corrected chi connectivity index (χ0v) is 17.8. The quantitative estimate of drug-likeness (QED) is 0.330. The summed E-state index contributed by atoms with van der Waals surface area (Å²) < 4.78 is 0. The third kappa shape index (κ3) is 6.80. The normalized spacial score (nSPS) is 12.1. The minimum absolute atomic E-state index is 0. The fraction of sp³-hybridized carbons (Fsp3) is 0.368. The molecule has 6 nitrogen and oxygen atoms in total. The highest BCUT2D eigenvalue weighted by Gasteiger charge is 2.11. The van der Waals surface area contributed by atoms with Crippen molar-refractivity contribution in [2.45, 2.75) is 12.5 Å². The average molecular weight is 469 g/mol. The first-order valence-corrected chi connectivity index (χ1v) is 8.37. The van der Waals surface area contributed by atoms with E-state index in [0.717, 1.165) is 17.1 Å². The number of guanidine groups is 1. The summed E-state index contributed by atoms with van der Waals surface area (Å²) in [7, 11) is 5.67. The van der Waals surface area contributed by atoms with Crippen molar-refractivity contribution in [2.24, 2.45) is 4.99 Å². The summed E-state index contributed by atoms with van der Waals surface area (Å²) in [6, 6.07) is 15.9. The van der Waals surface area contributed by atoms with Gasteiger partial charge in [-0.1, -0.05) is 36.4 Å². The van der Waals surface area contributed by atoms with Gasteiger partial charge in [0, 0.05) is 33.6 Å². The molecule has 1 heterocycles. The van der Waals surface area contributed by atoms with E-state index in [-0.39, 0.29) is 36.5 Å². The lowest BCUT2D eigenvalue weighted by Gasteiger charge is -2.18. The molecule has 2 aromatic rings. The van der Waals surface area contributed by atoms with Crippen LogP contribution in [0.15, 0.2) is 53.5 Å². The first-order chi connectivity index (χ1) is 12.1. The van der Waals surface area contributed by atoms with Crippen molar-refractivity contribution in [3.8, 4) is 0 Å². The Balaban J connectivity index is 0.00000338. The Hall–Kier alpha value is -1.87. The predicted molar refractivity (Wildman–Crippen MR) is 118 cm³/mol. The van der Waals surface area contributed by atoms with E-state index < -0.39 is 0 Å². The number of aliphatic imine (C=N–C) groups is 1. The maximum Gasteiger partial charge on any atom is 0.191 e. The standard InChI is InChI=1S/C19H27N5O.HI/c1-20-19(21-12-16(14-25)15-8-5-4-6-9-15)22-13-17-10-7-11-18(23-17)24(2)3;/h4-11,16,25H,12-14H2,1-3H3,(H2,20,21,22);1H. The van der Waals surface area contributed by atoms with Gasteiger partial charge < -0.3 is 20.6 Å². The van der Waals surface area contributed by atoms with Crippen LogP contribution in [0.3, 0.4) is 0 Å². The average Bonchev–Trinajstić information content (AvgIpc) is 2.65. The van der Waals surface area contributed by atoms with E-state index in [9.17, 15) is 5.11 Å². The molecule has 0 radical (unpaired) electrons. The Labute approximate surface area is 172 Å². The van der Waals surface area contributed by atoms with Gasteiger partial charge in [-0.05, 0) is 17.7 Å². The van der Waals surface area contributed by atoms with Gasteiger partial charge in [-0.3, -0.25) is 4.99 Å². The SMILES string of the molecule is CN=C(NCc1cccc(N(C)C)n1)NCC(CO)c1ccccc1.I. The number of nitrogens with one attached hydrogen (secondary N) is 2. The summed E-state index contributed by atoms with van der Waals surface area (Å²) in [5.41, 5.74) is 2.05. The minimum Gasteiger partial charge on any atom is -0.396 e. The molecule has 142 valence electrons. The van der Waals surface area contributed by atoms with Gasteiger partial charge in [0.2, 0.25) is 0 Å². The number of benzene rings is 1. The second-order valence-electron chi connectivity index (χ2n) is 5.98. The maximum atomic E-state index is 9.64. The Kier molecular flexibility index (Phi) is 9.97. The minimum atomic E-state index is 0. The second-order valence-corrected chi connectivity index (χ2v) is 5.98. The van der Waals surface area contributed by atoms with Crippen LogP contribution in [0.25, 0.3) is 0 Å². The molecule has 0 bridgehead atoms. The lowest BCUT2D eigenvalue weighted by molar-refractivity contribution is 0.265. The number of nitrogens with zero attached hydrogens (tertiary/aromatic N) is 3. The lowest BCUT2D eigenvalue weighted by Crippen LogP contribution is -2.39. The number of hydrogen-bond acceptors (Lipinski definition) is 4. The number of anilines is 1. The van der Waals surface area contributed by atoms with Gasteiger partial charge in [-0.2, -0.15) is 0 Å². The number of pyridine rings is 1. The number of hydrogen-bond donors (Lipinski definition) is 3. The molecule has 0 saturated carbocycles. The summed E-state index contributed by atoms with van der Waals surface area (Å²) in [5, 5.41) is 16.2. The maximum absolute atomic E-state index is 9.64. The molecule has 0 aliphatic rings. The zero-order chi connectivity index (χ0) is 18.1. The van der Waals surface area contributed by atoms with Gasteiger partial charge in [0.25, 0.3) is 0 Å². The van der Waals surface area contributed by atoms with Crippen LogP contribution >= 0.6 is 24.0 Å². The van der Waals surface area contributed by atoms with Crippen molar-refractivity contribution in [2.75, 3.05) is 39.2 Å². The summed E-state index contributed by atoms with van der Waals surface area (Å²) in [5.74, 6) is 1.63. The van der Waals surface area contributed by atoms with E-state index in [1.165, 1.54) is 0 Å². The van der Waals surface area contributed by atoms with Crippen LogP contribution in [0.1, 0.15) is 17.2 Å². The van der Waals surface area contributed by atoms with Crippen LogP contribution in [-0.4, -0.2) is 50.3 Å². The Morgan fingerprint density at radius 3 is 2.46 bits per heavy atom. The fourth-order valence-electron chi connectivity index (χ4n) is 2.44. The number of aromatic nitrogens is 1. The molecule has 7 heteroatoms. The third-order valence-electron chi connectivity index (χ3n) is 3.92. The van der Waals surface area contributed by atoms with Crippen LogP contribution in [0, 0.1) is 0 Å². The molecule has 1 unspecified atom stereocenters. The van der Waals surface area contributed by atoms with E-state index in [0.29, 0.717) is 19.0 Å². The van der Waals surface area contributed by atoms with Crippen molar-refractivity contribution in [3.63, 3.8) is 0 Å². The van der Waals surface area contributed by atoms with E-state index in [1.54, 1.807) is 7.05 Å². The largest absolute Gasteiger partial charge is 0.396 e. The van der Waals surface area contributed by atoms with E-state index in [4.69, 9.17) is 0 Å². The summed E-state index contributed by atoms with van der Waals surface area (Å²) in [6.45, 7) is 1.27. The van der Waals surface area contributed by atoms with Gasteiger partial charge >= 0.3 is 0 Å². The van der Waals surface area contributed by atoms with E-state index >= 15 is 0 Å². The molecule has 0 saturated heterocycles. The Morgan fingerprint density at radius 2 is 1.85 bits per heavy atom. The number of aliphatic hydroxyl groups excluding tert-OH is 1. The first-order valence-electron chi connectivity index (χ1n) is 8.37. The fourth-order valence-corrected chi connectivity index (χ4v) is 2.44. The van der Waals surface area contributed by atoms with E-state index in [2.05, 4.69) is 20.6 Å². The second kappa shape index (κ2) is 11.7. The Morgan fingerprint density at radius 1 is 1.12 bits per heavy atom. The van der Waals surface area contributed by atoms with Gasteiger partial charge in [-0.15, -0.1) is 24.0 Å². The van der Waals surface area contributed by atoms with Gasteiger partial charge in [-0.25, -0.2) is 4.98 Å². The van der Waals surface area contributed by atoms with Crippen molar-refractivity contribution < 1.29 is 5.11 Å². The molecule has 3 N–H and O–H groups in total. The first kappa shape index (κ1) is 22.2. The number of rotatable bonds is 7. The van der Waals surface area contributed by atoms with Crippen LogP contribution in [0.5, 0.6) is 0 Å². The highest BCUT2D eigenvalue weighted by molar-refractivity contribution is 14.0. The highest BCUT2D eigenvalue weighted by Crippen LogP contribution is 2.13. The van der Waals surface area contributed by atoms with Crippen LogP contribution in [0.2, 0.25) is 0 Å². The van der Waals surface area contributed by atoms with Crippen molar-refractivity contribution >= 4 is 35.8 Å². The van der Waals surface area contributed by atoms with Crippen molar-refractivity contribution in [3.05, 3.63) is 59.8 Å². The van der Waals surface area contributed by atoms with Gasteiger partial charge in [0.15, 0.2) is 5.96 Å². The molecule has 1 aromatic carbocycles. The third-order valence-corrected chi connectivity index (χ3v) is 3.92. The molecule has 0 amide bonds. The predicted octanol–water partition coefficient (Wildman–Crippen LogP) is 2.21. The molecule has 0 spiro atoms. The molecular weight excluding hydrogens is 441 g/mol.